The first-order valence-corrected chi connectivity index (χ1v) is 6.63. The van der Waals surface area contributed by atoms with E-state index in [2.05, 4.69) is 25.5 Å². The van der Waals surface area contributed by atoms with Crippen LogP contribution in [-0.2, 0) is 0 Å². The van der Waals surface area contributed by atoms with E-state index in [1.807, 2.05) is 25.3 Å². The zero-order valence-corrected chi connectivity index (χ0v) is 12.4. The minimum atomic E-state index is -1.08. The molecule has 21 heavy (non-hydrogen) atoms. The molecule has 8 nitrogen and oxygen atoms in total. The highest BCUT2D eigenvalue weighted by atomic mass is 16.4. The number of nitrogens with zero attached hydrogens (tertiary/aromatic N) is 5. The van der Waals surface area contributed by atoms with Crippen molar-refractivity contribution in [3.05, 3.63) is 29.6 Å². The second-order valence-electron chi connectivity index (χ2n) is 5.08. The third-order valence-corrected chi connectivity index (χ3v) is 2.96. The van der Waals surface area contributed by atoms with E-state index in [0.29, 0.717) is 5.69 Å². The summed E-state index contributed by atoms with van der Waals surface area (Å²) in [6.45, 7) is 7.69. The molecule has 2 aromatic rings. The summed E-state index contributed by atoms with van der Waals surface area (Å²) in [5, 5.41) is 20.1. The fourth-order valence-corrected chi connectivity index (χ4v) is 1.96. The summed E-state index contributed by atoms with van der Waals surface area (Å²) in [5.74, 6) is -0.0771. The highest BCUT2D eigenvalue weighted by Gasteiger charge is 2.17. The molecule has 0 saturated heterocycles. The molecule has 0 aliphatic heterocycles. The van der Waals surface area contributed by atoms with Crippen molar-refractivity contribution in [2.45, 2.75) is 39.8 Å². The molecule has 0 aliphatic rings. The maximum Gasteiger partial charge on any atom is 0.354 e. The van der Waals surface area contributed by atoms with Gasteiger partial charge in [0.1, 0.15) is 6.33 Å². The Morgan fingerprint density at radius 2 is 2.05 bits per heavy atom. The van der Waals surface area contributed by atoms with Crippen LogP contribution < -0.4 is 5.32 Å². The summed E-state index contributed by atoms with van der Waals surface area (Å²) < 4.78 is 1.94. The molecule has 0 amide bonds. The van der Waals surface area contributed by atoms with Gasteiger partial charge in [-0.25, -0.2) is 14.8 Å². The predicted molar refractivity (Wildman–Crippen MR) is 76.2 cm³/mol. The van der Waals surface area contributed by atoms with E-state index in [1.165, 1.54) is 6.07 Å². The zero-order chi connectivity index (χ0) is 15.6. The number of rotatable bonds is 5. The van der Waals surface area contributed by atoms with Crippen molar-refractivity contribution in [3.8, 4) is 0 Å². The van der Waals surface area contributed by atoms with Gasteiger partial charge in [0.25, 0.3) is 0 Å². The molecule has 1 unspecified atom stereocenters. The second kappa shape index (κ2) is 5.86. The Morgan fingerprint density at radius 3 is 2.67 bits per heavy atom. The fraction of sp³-hybridized carbons (Fsp3) is 0.462. The van der Waals surface area contributed by atoms with E-state index in [0.717, 1.165) is 5.82 Å². The number of carboxylic acid groups (broad SMARTS) is 1. The minimum absolute atomic E-state index is 0.0393. The molecule has 2 heterocycles. The number of hydrogen-bond acceptors (Lipinski definition) is 6. The van der Waals surface area contributed by atoms with Gasteiger partial charge in [-0.1, -0.05) is 0 Å². The van der Waals surface area contributed by atoms with E-state index in [-0.39, 0.29) is 23.7 Å². The molecule has 0 radical (unpaired) electrons. The summed E-state index contributed by atoms with van der Waals surface area (Å²) in [5.41, 5.74) is 0.546. The zero-order valence-electron chi connectivity index (χ0n) is 12.4. The lowest BCUT2D eigenvalue weighted by molar-refractivity contribution is 0.0690. The number of hydrogen-bond donors (Lipinski definition) is 2. The first-order valence-electron chi connectivity index (χ1n) is 6.63. The molecule has 0 bridgehead atoms. The van der Waals surface area contributed by atoms with Gasteiger partial charge in [0, 0.05) is 11.7 Å². The number of carboxylic acids is 1. The predicted octanol–water partition coefficient (Wildman–Crippen LogP) is 1.83. The number of aromatic carboxylic acids is 1. The van der Waals surface area contributed by atoms with Crippen LogP contribution >= 0.6 is 0 Å². The van der Waals surface area contributed by atoms with E-state index in [9.17, 15) is 4.79 Å². The minimum Gasteiger partial charge on any atom is -0.477 e. The standard InChI is InChI=1S/C13H18N6O2/c1-7(2)19-6-14-18-11(19)9(4)16-13-15-8(3)5-10(17-13)12(20)21/h5-7,9H,1-4H3,(H,20,21)(H,15,16,17). The van der Waals surface area contributed by atoms with Gasteiger partial charge in [-0.05, 0) is 33.8 Å². The van der Waals surface area contributed by atoms with Crippen LogP contribution in [0.1, 0.15) is 54.9 Å². The number of nitrogens with one attached hydrogen (secondary N) is 1. The van der Waals surface area contributed by atoms with E-state index in [1.54, 1.807) is 13.3 Å². The summed E-state index contributed by atoms with van der Waals surface area (Å²) in [4.78, 5) is 19.2. The van der Waals surface area contributed by atoms with Crippen LogP contribution in [0.15, 0.2) is 12.4 Å². The molecule has 0 aromatic carbocycles. The lowest BCUT2D eigenvalue weighted by Crippen LogP contribution is -2.17. The monoisotopic (exact) mass is 290 g/mol. The lowest BCUT2D eigenvalue weighted by Gasteiger charge is -2.17. The molecule has 1 atom stereocenters. The van der Waals surface area contributed by atoms with Crippen LogP contribution in [0.2, 0.25) is 0 Å². The van der Waals surface area contributed by atoms with Crippen molar-refractivity contribution in [3.63, 3.8) is 0 Å². The third kappa shape index (κ3) is 3.33. The molecule has 2 aromatic heterocycles. The first-order chi connectivity index (χ1) is 9.88. The molecule has 112 valence electrons. The fourth-order valence-electron chi connectivity index (χ4n) is 1.96. The summed E-state index contributed by atoms with van der Waals surface area (Å²) in [6, 6.07) is 1.46. The van der Waals surface area contributed by atoms with Crippen LogP contribution in [0.25, 0.3) is 0 Å². The van der Waals surface area contributed by atoms with Crippen LogP contribution in [0.5, 0.6) is 0 Å². The Balaban J connectivity index is 2.25. The van der Waals surface area contributed by atoms with Crippen molar-refractivity contribution in [1.82, 2.24) is 24.7 Å². The lowest BCUT2D eigenvalue weighted by atomic mass is 10.3. The Kier molecular flexibility index (Phi) is 4.15. The largest absolute Gasteiger partial charge is 0.477 e. The molecular weight excluding hydrogens is 272 g/mol. The number of carbonyl (C=O) groups is 1. The Bertz CT molecular complexity index is 652. The van der Waals surface area contributed by atoms with Crippen molar-refractivity contribution < 1.29 is 9.90 Å². The number of aryl methyl sites for hydroxylation is 1. The molecule has 0 saturated carbocycles. The third-order valence-electron chi connectivity index (χ3n) is 2.96. The quantitative estimate of drug-likeness (QED) is 0.865. The highest BCUT2D eigenvalue weighted by Crippen LogP contribution is 2.18. The Morgan fingerprint density at radius 1 is 1.33 bits per heavy atom. The average molecular weight is 290 g/mol. The van der Waals surface area contributed by atoms with E-state index < -0.39 is 5.97 Å². The Labute approximate surface area is 122 Å². The average Bonchev–Trinajstić information content (AvgIpc) is 2.87. The van der Waals surface area contributed by atoms with Gasteiger partial charge in [-0.3, -0.25) is 0 Å². The summed E-state index contributed by atoms with van der Waals surface area (Å²) in [6.07, 6.45) is 1.66. The summed E-state index contributed by atoms with van der Waals surface area (Å²) >= 11 is 0. The van der Waals surface area contributed by atoms with Gasteiger partial charge >= 0.3 is 5.97 Å². The van der Waals surface area contributed by atoms with E-state index >= 15 is 0 Å². The number of anilines is 1. The Hall–Kier alpha value is -2.51. The summed E-state index contributed by atoms with van der Waals surface area (Å²) in [7, 11) is 0. The van der Waals surface area contributed by atoms with Crippen molar-refractivity contribution >= 4 is 11.9 Å². The first kappa shape index (κ1) is 14.9. The molecule has 8 heteroatoms. The van der Waals surface area contributed by atoms with Crippen molar-refractivity contribution in [2.24, 2.45) is 0 Å². The van der Waals surface area contributed by atoms with Crippen molar-refractivity contribution in [1.29, 1.82) is 0 Å². The molecule has 2 rings (SSSR count). The van der Waals surface area contributed by atoms with Crippen LogP contribution in [-0.4, -0.2) is 35.8 Å². The number of aromatic nitrogens is 5. The molecule has 2 N–H and O–H groups in total. The maximum absolute atomic E-state index is 11.0. The SMILES string of the molecule is Cc1cc(C(=O)O)nc(NC(C)c2nncn2C(C)C)n1. The van der Waals surface area contributed by atoms with Gasteiger partial charge in [0.2, 0.25) is 5.95 Å². The van der Waals surface area contributed by atoms with Gasteiger partial charge < -0.3 is 15.0 Å². The highest BCUT2D eigenvalue weighted by molar-refractivity contribution is 5.85. The topological polar surface area (TPSA) is 106 Å². The van der Waals surface area contributed by atoms with Crippen LogP contribution in [0, 0.1) is 6.92 Å². The molecular formula is C13H18N6O2. The van der Waals surface area contributed by atoms with Gasteiger partial charge in [0.05, 0.1) is 6.04 Å². The van der Waals surface area contributed by atoms with Gasteiger partial charge in [-0.2, -0.15) is 0 Å². The van der Waals surface area contributed by atoms with Gasteiger partial charge in [0.15, 0.2) is 11.5 Å². The van der Waals surface area contributed by atoms with E-state index in [4.69, 9.17) is 5.11 Å². The maximum atomic E-state index is 11.0. The van der Waals surface area contributed by atoms with Crippen LogP contribution in [0.3, 0.4) is 0 Å². The molecule has 0 spiro atoms. The smallest absolute Gasteiger partial charge is 0.354 e. The normalized spacial score (nSPS) is 12.4. The second-order valence-corrected chi connectivity index (χ2v) is 5.08. The van der Waals surface area contributed by atoms with Gasteiger partial charge in [-0.15, -0.1) is 10.2 Å². The van der Waals surface area contributed by atoms with Crippen LogP contribution in [0.4, 0.5) is 5.95 Å². The molecule has 0 aliphatic carbocycles. The van der Waals surface area contributed by atoms with Crippen molar-refractivity contribution in [2.75, 3.05) is 5.32 Å². The molecule has 0 fully saturated rings.